The van der Waals surface area contributed by atoms with Crippen molar-refractivity contribution in [2.45, 2.75) is 131 Å². The average Bonchev–Trinajstić information content (AvgIpc) is 3.58. The standard InChI is InChI=1S/C38H60N6O7/c1-10-16-39-33(49)30(47)25(17-22-14-15-22)40-32(48)29-24-13-11-12-23(24)20-44(29)34(50)31(37(5,6)7)42-35(51)41-26(36(2,3)4)21-43-27(45)18-38(8,9)19-28(43)46/h10,22-26,29,31H,1,11-21H2,2-9H3,(H,39,49)(H,40,48)(H2,41,42,51). The molecule has 0 spiro atoms. The van der Waals surface area contributed by atoms with Gasteiger partial charge in [0.2, 0.25) is 29.4 Å². The second kappa shape index (κ2) is 15.5. The van der Waals surface area contributed by atoms with E-state index in [4.69, 9.17) is 0 Å². The summed E-state index contributed by atoms with van der Waals surface area (Å²) in [4.78, 5) is 96.9. The third-order valence-electron chi connectivity index (χ3n) is 10.9. The number of hydrogen-bond donors (Lipinski definition) is 4. The molecule has 6 atom stereocenters. The molecule has 0 aromatic rings. The van der Waals surface area contributed by atoms with Gasteiger partial charge in [-0.3, -0.25) is 33.7 Å². The van der Waals surface area contributed by atoms with E-state index >= 15 is 0 Å². The van der Waals surface area contributed by atoms with E-state index in [1.807, 2.05) is 55.4 Å². The maximum atomic E-state index is 14.5. The summed E-state index contributed by atoms with van der Waals surface area (Å²) in [6, 6.07) is -4.13. The van der Waals surface area contributed by atoms with Crippen molar-refractivity contribution >= 4 is 41.4 Å². The number of Topliss-reactive ketones (excluding diaryl/α,β-unsaturated/α-hetero) is 1. The minimum Gasteiger partial charge on any atom is -0.346 e. The summed E-state index contributed by atoms with van der Waals surface area (Å²) in [6.45, 7) is 19.0. The summed E-state index contributed by atoms with van der Waals surface area (Å²) >= 11 is 0. The molecule has 4 rings (SSSR count). The summed E-state index contributed by atoms with van der Waals surface area (Å²) < 4.78 is 0. The van der Waals surface area contributed by atoms with Crippen molar-refractivity contribution in [3.8, 4) is 0 Å². The highest BCUT2D eigenvalue weighted by molar-refractivity contribution is 6.38. The summed E-state index contributed by atoms with van der Waals surface area (Å²) in [7, 11) is 0. The second-order valence-corrected chi connectivity index (χ2v) is 18.1. The van der Waals surface area contributed by atoms with Crippen molar-refractivity contribution in [1.29, 1.82) is 0 Å². The minimum absolute atomic E-state index is 0.00286. The highest BCUT2D eigenvalue weighted by Gasteiger charge is 2.52. The number of piperidine rings is 1. The predicted octanol–water partition coefficient (Wildman–Crippen LogP) is 3.07. The number of carbonyl (C=O) groups is 7. The number of nitrogens with zero attached hydrogens (tertiary/aromatic N) is 2. The van der Waals surface area contributed by atoms with Gasteiger partial charge in [0, 0.05) is 32.5 Å². The molecule has 51 heavy (non-hydrogen) atoms. The van der Waals surface area contributed by atoms with Crippen LogP contribution in [-0.2, 0) is 28.8 Å². The Balaban J connectivity index is 1.52. The molecule has 0 bridgehead atoms. The molecule has 2 heterocycles. The van der Waals surface area contributed by atoms with Crippen LogP contribution in [0.15, 0.2) is 12.7 Å². The Labute approximate surface area is 302 Å². The number of ketones is 1. The third-order valence-corrected chi connectivity index (χ3v) is 10.9. The molecule has 4 N–H and O–H groups in total. The van der Waals surface area contributed by atoms with Crippen LogP contribution in [0.4, 0.5) is 4.79 Å². The number of amides is 7. The van der Waals surface area contributed by atoms with E-state index in [9.17, 15) is 33.6 Å². The summed E-state index contributed by atoms with van der Waals surface area (Å²) in [5, 5.41) is 11.2. The van der Waals surface area contributed by atoms with Crippen molar-refractivity contribution in [2.75, 3.05) is 19.6 Å². The van der Waals surface area contributed by atoms with Crippen molar-refractivity contribution in [2.24, 2.45) is 34.0 Å². The van der Waals surface area contributed by atoms with E-state index in [-0.39, 0.29) is 55.5 Å². The van der Waals surface area contributed by atoms with Gasteiger partial charge >= 0.3 is 6.03 Å². The van der Waals surface area contributed by atoms with Crippen LogP contribution in [0.2, 0.25) is 0 Å². The zero-order valence-corrected chi connectivity index (χ0v) is 31.9. The van der Waals surface area contributed by atoms with Crippen molar-refractivity contribution < 1.29 is 33.6 Å². The quantitative estimate of drug-likeness (QED) is 0.129. The lowest BCUT2D eigenvalue weighted by molar-refractivity contribution is -0.153. The molecule has 13 heteroatoms. The van der Waals surface area contributed by atoms with Gasteiger partial charge in [-0.15, -0.1) is 6.58 Å². The fraction of sp³-hybridized carbons (Fsp3) is 0.763. The van der Waals surface area contributed by atoms with E-state index in [0.29, 0.717) is 13.0 Å². The lowest BCUT2D eigenvalue weighted by Crippen LogP contribution is -2.63. The maximum absolute atomic E-state index is 14.5. The molecule has 4 aliphatic rings. The Morgan fingerprint density at radius 1 is 0.902 bits per heavy atom. The zero-order chi connectivity index (χ0) is 38.1. The van der Waals surface area contributed by atoms with Gasteiger partial charge in [0.1, 0.15) is 12.1 Å². The minimum atomic E-state index is -1.03. The number of imide groups is 1. The summed E-state index contributed by atoms with van der Waals surface area (Å²) in [5.41, 5.74) is -1.73. The zero-order valence-electron chi connectivity index (χ0n) is 31.9. The van der Waals surface area contributed by atoms with E-state index in [2.05, 4.69) is 27.8 Å². The highest BCUT2D eigenvalue weighted by Crippen LogP contribution is 2.43. The van der Waals surface area contributed by atoms with Gasteiger partial charge in [0.15, 0.2) is 0 Å². The average molecular weight is 713 g/mol. The van der Waals surface area contributed by atoms with Crippen molar-refractivity contribution in [3.63, 3.8) is 0 Å². The summed E-state index contributed by atoms with van der Waals surface area (Å²) in [5.74, 6) is -2.69. The van der Waals surface area contributed by atoms with Crippen LogP contribution in [0.3, 0.4) is 0 Å². The number of rotatable bonds is 13. The van der Waals surface area contributed by atoms with E-state index in [1.165, 1.54) is 11.0 Å². The predicted molar refractivity (Wildman–Crippen MR) is 192 cm³/mol. The Morgan fingerprint density at radius 2 is 1.53 bits per heavy atom. The number of urea groups is 1. The normalized spacial score (nSPS) is 25.0. The van der Waals surface area contributed by atoms with Gasteiger partial charge in [0.05, 0.1) is 12.1 Å². The van der Waals surface area contributed by atoms with Crippen LogP contribution in [0.1, 0.15) is 107 Å². The molecule has 2 saturated carbocycles. The van der Waals surface area contributed by atoms with Gasteiger partial charge < -0.3 is 26.2 Å². The monoisotopic (exact) mass is 712 g/mol. The number of likely N-dealkylation sites (tertiary alicyclic amines) is 2. The van der Waals surface area contributed by atoms with Gasteiger partial charge in [-0.25, -0.2) is 4.79 Å². The molecule has 284 valence electrons. The highest BCUT2D eigenvalue weighted by atomic mass is 16.2. The molecule has 13 nitrogen and oxygen atoms in total. The third kappa shape index (κ3) is 9.97. The van der Waals surface area contributed by atoms with Crippen molar-refractivity contribution in [1.82, 2.24) is 31.1 Å². The largest absolute Gasteiger partial charge is 0.346 e. The number of nitrogens with one attached hydrogen (secondary N) is 4. The molecule has 2 saturated heterocycles. The first kappa shape index (κ1) is 40.0. The molecule has 6 unspecified atom stereocenters. The molecule has 0 aromatic heterocycles. The fourth-order valence-electron chi connectivity index (χ4n) is 7.73. The van der Waals surface area contributed by atoms with Crippen LogP contribution in [-0.4, -0.2) is 95.0 Å². The van der Waals surface area contributed by atoms with Gasteiger partial charge in [0.25, 0.3) is 5.91 Å². The first-order valence-electron chi connectivity index (χ1n) is 18.6. The second-order valence-electron chi connectivity index (χ2n) is 18.1. The van der Waals surface area contributed by atoms with Crippen LogP contribution >= 0.6 is 0 Å². The van der Waals surface area contributed by atoms with Crippen LogP contribution < -0.4 is 21.3 Å². The molecule has 2 aliphatic heterocycles. The molecule has 0 aromatic carbocycles. The fourth-order valence-corrected chi connectivity index (χ4v) is 7.73. The number of fused-ring (bicyclic) bond motifs is 1. The molecule has 2 aliphatic carbocycles. The Kier molecular flexibility index (Phi) is 12.1. The molecular formula is C38H60N6O7. The van der Waals surface area contributed by atoms with Gasteiger partial charge in [-0.2, -0.15) is 0 Å². The smallest absolute Gasteiger partial charge is 0.315 e. The Morgan fingerprint density at radius 3 is 2.08 bits per heavy atom. The maximum Gasteiger partial charge on any atom is 0.315 e. The molecule has 7 amide bonds. The Bertz CT molecular complexity index is 1390. The van der Waals surface area contributed by atoms with Gasteiger partial charge in [-0.1, -0.05) is 80.7 Å². The lowest BCUT2D eigenvalue weighted by Gasteiger charge is -2.40. The Hall–Kier alpha value is -3.77. The molecular weight excluding hydrogens is 652 g/mol. The number of hydrogen-bond acceptors (Lipinski definition) is 7. The van der Waals surface area contributed by atoms with Gasteiger partial charge in [-0.05, 0) is 53.3 Å². The van der Waals surface area contributed by atoms with Crippen LogP contribution in [0.5, 0.6) is 0 Å². The molecule has 4 fully saturated rings. The summed E-state index contributed by atoms with van der Waals surface area (Å²) in [6.07, 6.45) is 6.67. The SMILES string of the molecule is C=CCNC(=O)C(=O)C(CC1CC1)NC(=O)C1C2CCCC2CN1C(=O)C(NC(=O)NC(CN1C(=O)CC(C)(C)CC1=O)C(C)(C)C)C(C)(C)C. The topological polar surface area (TPSA) is 174 Å². The van der Waals surface area contributed by atoms with E-state index < -0.39 is 69.9 Å². The van der Waals surface area contributed by atoms with Crippen LogP contribution in [0, 0.1) is 34.0 Å². The first-order chi connectivity index (χ1) is 23.6. The van der Waals surface area contributed by atoms with Crippen LogP contribution in [0.25, 0.3) is 0 Å². The number of carbonyl (C=O) groups excluding carboxylic acids is 7. The first-order valence-corrected chi connectivity index (χ1v) is 18.6. The van der Waals surface area contributed by atoms with Crippen molar-refractivity contribution in [3.05, 3.63) is 12.7 Å². The molecule has 0 radical (unpaired) electrons. The van der Waals surface area contributed by atoms with E-state index in [1.54, 1.807) is 4.90 Å². The lowest BCUT2D eigenvalue weighted by atomic mass is 9.80. The van der Waals surface area contributed by atoms with E-state index in [0.717, 1.165) is 32.1 Å².